The molecule has 0 spiro atoms. The topological polar surface area (TPSA) is 163 Å². The lowest BCUT2D eigenvalue weighted by molar-refractivity contribution is -0.145. The lowest BCUT2D eigenvalue weighted by Gasteiger charge is -2.38. The number of likely N-dealkylation sites (tertiary alicyclic amines) is 1. The van der Waals surface area contributed by atoms with Gasteiger partial charge in [0.1, 0.15) is 12.1 Å². The Labute approximate surface area is 278 Å². The van der Waals surface area contributed by atoms with Crippen molar-refractivity contribution >= 4 is 35.5 Å². The summed E-state index contributed by atoms with van der Waals surface area (Å²) in [5.74, 6) is -2.45. The molecule has 1 heterocycles. The molecule has 4 N–H and O–H groups in total. The van der Waals surface area contributed by atoms with Crippen LogP contribution in [0.5, 0.6) is 0 Å². The quantitative estimate of drug-likeness (QED) is 0.147. The molecule has 4 fully saturated rings. The molecule has 1 saturated heterocycles. The Hall–Kier alpha value is -3.44. The van der Waals surface area contributed by atoms with Crippen LogP contribution in [0.2, 0.25) is 0 Å². The van der Waals surface area contributed by atoms with E-state index in [4.69, 9.17) is 4.74 Å². The maximum atomic E-state index is 14.5. The van der Waals surface area contributed by atoms with Crippen LogP contribution in [0.3, 0.4) is 0 Å². The smallest absolute Gasteiger partial charge is 0.407 e. The van der Waals surface area contributed by atoms with E-state index < -0.39 is 41.8 Å². The van der Waals surface area contributed by atoms with Crippen LogP contribution in [0.4, 0.5) is 4.79 Å². The zero-order valence-electron chi connectivity index (χ0n) is 28.8. The third-order valence-corrected chi connectivity index (χ3v) is 10.5. The van der Waals surface area contributed by atoms with Gasteiger partial charge in [0, 0.05) is 25.6 Å². The molecular formula is C35H55N5O7. The maximum absolute atomic E-state index is 14.5. The van der Waals surface area contributed by atoms with Crippen molar-refractivity contribution < 1.29 is 33.5 Å². The van der Waals surface area contributed by atoms with E-state index in [9.17, 15) is 28.8 Å². The van der Waals surface area contributed by atoms with Crippen molar-refractivity contribution in [2.24, 2.45) is 40.9 Å². The predicted molar refractivity (Wildman–Crippen MR) is 176 cm³/mol. The first kappa shape index (κ1) is 36.4. The third kappa shape index (κ3) is 8.93. The first-order chi connectivity index (χ1) is 22.3. The lowest BCUT2D eigenvalue weighted by atomic mass is 9.76. The molecule has 5 amide bonds. The minimum atomic E-state index is -1.04. The number of nitrogens with one attached hydrogen (secondary N) is 4. The zero-order chi connectivity index (χ0) is 34.5. The fraction of sp³-hybridized carbons (Fsp3) is 0.771. The number of carbonyl (C=O) groups excluding carboxylic acids is 6. The van der Waals surface area contributed by atoms with E-state index in [1.54, 1.807) is 4.90 Å². The van der Waals surface area contributed by atoms with E-state index in [2.05, 4.69) is 41.7 Å². The zero-order valence-corrected chi connectivity index (χ0v) is 28.8. The molecule has 0 bridgehead atoms. The summed E-state index contributed by atoms with van der Waals surface area (Å²) in [5, 5.41) is 11.2. The molecule has 12 heteroatoms. The van der Waals surface area contributed by atoms with Gasteiger partial charge in [-0.2, -0.15) is 0 Å². The van der Waals surface area contributed by atoms with E-state index >= 15 is 0 Å². The molecule has 47 heavy (non-hydrogen) atoms. The van der Waals surface area contributed by atoms with Crippen molar-refractivity contribution in [3.05, 3.63) is 12.7 Å². The fourth-order valence-electron chi connectivity index (χ4n) is 7.49. The van der Waals surface area contributed by atoms with Crippen molar-refractivity contribution in [3.63, 3.8) is 0 Å². The van der Waals surface area contributed by atoms with Crippen LogP contribution in [-0.4, -0.2) is 84.8 Å². The highest BCUT2D eigenvalue weighted by molar-refractivity contribution is 6.38. The molecule has 3 saturated carbocycles. The average molecular weight is 658 g/mol. The van der Waals surface area contributed by atoms with E-state index in [0.717, 1.165) is 19.3 Å². The first-order valence-electron chi connectivity index (χ1n) is 17.5. The second-order valence-corrected chi connectivity index (χ2v) is 15.0. The number of hydrogen-bond acceptors (Lipinski definition) is 7. The van der Waals surface area contributed by atoms with Gasteiger partial charge in [-0.05, 0) is 73.5 Å². The normalized spacial score (nSPS) is 27.1. The summed E-state index contributed by atoms with van der Waals surface area (Å²) in [6.07, 6.45) is 6.37. The molecule has 4 rings (SSSR count). The van der Waals surface area contributed by atoms with Crippen LogP contribution in [0, 0.1) is 40.9 Å². The minimum absolute atomic E-state index is 0.0136. The number of rotatable bonds is 16. The van der Waals surface area contributed by atoms with Gasteiger partial charge < -0.3 is 30.9 Å². The van der Waals surface area contributed by atoms with Gasteiger partial charge in [0.05, 0.1) is 12.6 Å². The molecule has 3 aliphatic carbocycles. The number of ether oxygens (including phenoxy) is 1. The van der Waals surface area contributed by atoms with E-state index in [0.29, 0.717) is 44.7 Å². The summed E-state index contributed by atoms with van der Waals surface area (Å²) in [4.78, 5) is 81.6. The van der Waals surface area contributed by atoms with Gasteiger partial charge >= 0.3 is 6.09 Å². The number of hydrogen-bond donors (Lipinski definition) is 4. The van der Waals surface area contributed by atoms with Gasteiger partial charge in [0.2, 0.25) is 23.5 Å². The third-order valence-electron chi connectivity index (χ3n) is 10.5. The standard InChI is InChI=1S/C35H55N5O7/c1-7-10-25(29(41)32(44)36-15-8-2)38-31(43)28-26-24(35(26,5)6)18-40(28)33(45)27(39-34(46)47-19-20(3)4)22-11-9-12-23(16-22)30(42)37-17-21-13-14-21/h8,20-28H,2,7,9-19H2,1,3-6H3,(H,36,44)(H,37,42)(H,38,43)(H,39,46)/t22?,23?,24-,25?,26-,27?,28-/m0/s1. The molecule has 12 nitrogen and oxygen atoms in total. The second kappa shape index (κ2) is 15.6. The number of amides is 5. The van der Waals surface area contributed by atoms with Crippen LogP contribution in [-0.2, 0) is 28.7 Å². The number of piperidine rings is 1. The molecule has 7 atom stereocenters. The number of nitrogens with zero attached hydrogens (tertiary/aromatic N) is 1. The van der Waals surface area contributed by atoms with Crippen LogP contribution >= 0.6 is 0 Å². The Balaban J connectivity index is 1.54. The van der Waals surface area contributed by atoms with Crippen molar-refractivity contribution in [2.45, 2.75) is 104 Å². The second-order valence-electron chi connectivity index (χ2n) is 15.0. The molecule has 0 radical (unpaired) electrons. The Morgan fingerprint density at radius 2 is 1.72 bits per heavy atom. The van der Waals surface area contributed by atoms with Gasteiger partial charge in [0.15, 0.2) is 0 Å². The predicted octanol–water partition coefficient (Wildman–Crippen LogP) is 2.71. The van der Waals surface area contributed by atoms with E-state index in [1.165, 1.54) is 6.08 Å². The summed E-state index contributed by atoms with van der Waals surface area (Å²) >= 11 is 0. The lowest BCUT2D eigenvalue weighted by Crippen LogP contribution is -2.60. The molecule has 1 aliphatic heterocycles. The first-order valence-corrected chi connectivity index (χ1v) is 17.5. The monoisotopic (exact) mass is 657 g/mol. The van der Waals surface area contributed by atoms with Gasteiger partial charge in [-0.1, -0.05) is 53.5 Å². The Morgan fingerprint density at radius 3 is 2.36 bits per heavy atom. The van der Waals surface area contributed by atoms with Crippen molar-refractivity contribution in [1.29, 1.82) is 0 Å². The summed E-state index contributed by atoms with van der Waals surface area (Å²) < 4.78 is 5.42. The van der Waals surface area contributed by atoms with Crippen LogP contribution < -0.4 is 21.3 Å². The summed E-state index contributed by atoms with van der Waals surface area (Å²) in [6.45, 7) is 14.7. The SMILES string of the molecule is C=CCNC(=O)C(=O)C(CCC)NC(=O)[C@@H]1[C@@H]2[C@H](CN1C(=O)C(NC(=O)OCC(C)C)C1CCCC(C(=O)NCC3CC3)C1)C2(C)C. The fourth-order valence-corrected chi connectivity index (χ4v) is 7.49. The average Bonchev–Trinajstić information content (AvgIpc) is 3.91. The number of carbonyl (C=O) groups is 6. The van der Waals surface area contributed by atoms with E-state index in [-0.39, 0.29) is 66.4 Å². The number of fused-ring (bicyclic) bond motifs is 1. The summed E-state index contributed by atoms with van der Waals surface area (Å²) in [7, 11) is 0. The molecule has 0 aromatic carbocycles. The van der Waals surface area contributed by atoms with Gasteiger partial charge in [-0.15, -0.1) is 6.58 Å². The van der Waals surface area contributed by atoms with Gasteiger partial charge in [-0.25, -0.2) is 4.79 Å². The Kier molecular flexibility index (Phi) is 12.1. The van der Waals surface area contributed by atoms with Crippen molar-refractivity contribution in [3.8, 4) is 0 Å². The Bertz CT molecular complexity index is 1210. The number of alkyl carbamates (subject to hydrolysis) is 1. The van der Waals surface area contributed by atoms with Crippen molar-refractivity contribution in [1.82, 2.24) is 26.2 Å². The highest BCUT2D eigenvalue weighted by atomic mass is 16.5. The maximum Gasteiger partial charge on any atom is 0.407 e. The van der Waals surface area contributed by atoms with Crippen molar-refractivity contribution in [2.75, 3.05) is 26.2 Å². The van der Waals surface area contributed by atoms with Gasteiger partial charge in [-0.3, -0.25) is 24.0 Å². The molecule has 0 aromatic heterocycles. The van der Waals surface area contributed by atoms with Gasteiger partial charge in [0.25, 0.3) is 5.91 Å². The highest BCUT2D eigenvalue weighted by Gasteiger charge is 2.69. The molecule has 262 valence electrons. The van der Waals surface area contributed by atoms with Crippen LogP contribution in [0.25, 0.3) is 0 Å². The molecule has 0 aromatic rings. The minimum Gasteiger partial charge on any atom is -0.449 e. The van der Waals surface area contributed by atoms with E-state index in [1.807, 2.05) is 20.8 Å². The number of ketones is 1. The summed E-state index contributed by atoms with van der Waals surface area (Å²) in [6, 6.07) is -2.89. The highest BCUT2D eigenvalue weighted by Crippen LogP contribution is 2.65. The van der Waals surface area contributed by atoms with Crippen LogP contribution in [0.1, 0.15) is 86.0 Å². The molecule has 4 aliphatic rings. The molecule has 4 unspecified atom stereocenters. The molecular weight excluding hydrogens is 602 g/mol. The number of Topliss-reactive ketones (excluding diaryl/α,β-unsaturated/α-hetero) is 1. The summed E-state index contributed by atoms with van der Waals surface area (Å²) in [5.41, 5.74) is -0.195. The Morgan fingerprint density at radius 1 is 1.00 bits per heavy atom. The van der Waals surface area contributed by atoms with Crippen LogP contribution in [0.15, 0.2) is 12.7 Å². The largest absolute Gasteiger partial charge is 0.449 e.